The van der Waals surface area contributed by atoms with Crippen LogP contribution in [0.2, 0.25) is 0 Å². The average Bonchev–Trinajstić information content (AvgIpc) is 2.46. The predicted octanol–water partition coefficient (Wildman–Crippen LogP) is 3.36. The largest absolute Gasteiger partial charge is 0.383 e. The molecule has 0 aromatic heterocycles. The number of nitrogens with one attached hydrogen (secondary N) is 1. The van der Waals surface area contributed by atoms with Crippen LogP contribution in [0.3, 0.4) is 0 Å². The second-order valence-electron chi connectivity index (χ2n) is 6.24. The maximum Gasteiger partial charge on any atom is 0.0340 e. The Bertz CT molecular complexity index is 369. The van der Waals surface area contributed by atoms with Crippen LogP contribution in [0.4, 0.5) is 5.69 Å². The van der Waals surface area contributed by atoms with Gasteiger partial charge in [-0.1, -0.05) is 39.8 Å². The number of hydrogen-bond acceptors (Lipinski definition) is 3. The van der Waals surface area contributed by atoms with E-state index < -0.39 is 0 Å². The van der Waals surface area contributed by atoms with E-state index in [1.54, 1.807) is 0 Å². The zero-order valence-electron chi connectivity index (χ0n) is 14.2. The molecule has 0 aliphatic rings. The summed E-state index contributed by atoms with van der Waals surface area (Å²) < 4.78 is 0. The number of benzene rings is 1. The van der Waals surface area contributed by atoms with Crippen LogP contribution < -0.4 is 11.1 Å². The molecule has 0 amide bonds. The third-order valence-corrected chi connectivity index (χ3v) is 3.91. The second kappa shape index (κ2) is 9.80. The Labute approximate surface area is 130 Å². The minimum absolute atomic E-state index is 0.229. The molecular formula is C18H33N3. The van der Waals surface area contributed by atoms with Gasteiger partial charge in [0.25, 0.3) is 0 Å². The molecule has 0 aliphatic carbocycles. The first-order valence-corrected chi connectivity index (χ1v) is 8.35. The number of nitrogens with zero attached hydrogens (tertiary/aromatic N) is 1. The van der Waals surface area contributed by atoms with Gasteiger partial charge in [0.1, 0.15) is 0 Å². The lowest BCUT2D eigenvalue weighted by Gasteiger charge is -2.18. The summed E-state index contributed by atoms with van der Waals surface area (Å²) in [6.45, 7) is 13.1. The van der Waals surface area contributed by atoms with E-state index in [1.807, 2.05) is 0 Å². The van der Waals surface area contributed by atoms with E-state index in [4.69, 9.17) is 5.73 Å². The Morgan fingerprint density at radius 2 is 1.71 bits per heavy atom. The van der Waals surface area contributed by atoms with Crippen LogP contribution in [0, 0.1) is 5.92 Å². The van der Waals surface area contributed by atoms with Gasteiger partial charge in [0.05, 0.1) is 0 Å². The fourth-order valence-electron chi connectivity index (χ4n) is 2.55. The Hall–Kier alpha value is -1.06. The van der Waals surface area contributed by atoms with Gasteiger partial charge in [0.2, 0.25) is 0 Å². The van der Waals surface area contributed by atoms with Crippen LogP contribution in [-0.2, 0) is 6.42 Å². The van der Waals surface area contributed by atoms with E-state index in [0.29, 0.717) is 5.92 Å². The molecule has 120 valence electrons. The quantitative estimate of drug-likeness (QED) is 0.694. The highest BCUT2D eigenvalue weighted by Gasteiger charge is 2.05. The first kappa shape index (κ1) is 18.0. The monoisotopic (exact) mass is 291 g/mol. The molecule has 0 saturated carbocycles. The Morgan fingerprint density at radius 1 is 1.10 bits per heavy atom. The van der Waals surface area contributed by atoms with Crippen molar-refractivity contribution in [3.63, 3.8) is 0 Å². The Morgan fingerprint density at radius 3 is 2.24 bits per heavy atom. The highest BCUT2D eigenvalue weighted by Crippen LogP contribution is 2.11. The zero-order chi connectivity index (χ0) is 15.7. The van der Waals surface area contributed by atoms with Crippen molar-refractivity contribution in [3.8, 4) is 0 Å². The molecule has 1 atom stereocenters. The summed E-state index contributed by atoms with van der Waals surface area (Å²) in [7, 11) is 0. The van der Waals surface area contributed by atoms with Crippen molar-refractivity contribution in [1.29, 1.82) is 0 Å². The smallest absolute Gasteiger partial charge is 0.0340 e. The molecule has 3 N–H and O–H groups in total. The maximum atomic E-state index is 6.10. The summed E-state index contributed by atoms with van der Waals surface area (Å²) in [5.41, 5.74) is 8.67. The predicted molar refractivity (Wildman–Crippen MR) is 93.9 cm³/mol. The number of rotatable bonds is 10. The number of nitrogens with two attached hydrogens (primary N) is 1. The van der Waals surface area contributed by atoms with Crippen LogP contribution >= 0.6 is 0 Å². The van der Waals surface area contributed by atoms with Crippen molar-refractivity contribution in [2.45, 2.75) is 46.6 Å². The Kier molecular flexibility index (Phi) is 8.40. The van der Waals surface area contributed by atoms with E-state index in [9.17, 15) is 0 Å². The lowest BCUT2D eigenvalue weighted by Crippen LogP contribution is -2.30. The minimum atomic E-state index is 0.229. The van der Waals surface area contributed by atoms with Gasteiger partial charge in [-0.15, -0.1) is 0 Å². The van der Waals surface area contributed by atoms with E-state index >= 15 is 0 Å². The number of anilines is 1. The summed E-state index contributed by atoms with van der Waals surface area (Å²) >= 11 is 0. The molecule has 1 aromatic rings. The molecule has 3 nitrogen and oxygen atoms in total. The molecule has 0 saturated heterocycles. The fourth-order valence-corrected chi connectivity index (χ4v) is 2.55. The highest BCUT2D eigenvalue weighted by molar-refractivity contribution is 5.44. The van der Waals surface area contributed by atoms with Crippen molar-refractivity contribution in [2.24, 2.45) is 11.7 Å². The molecule has 1 rings (SSSR count). The fraction of sp³-hybridized carbons (Fsp3) is 0.667. The normalized spacial score (nSPS) is 12.9. The van der Waals surface area contributed by atoms with Crippen LogP contribution in [0.1, 0.15) is 39.7 Å². The summed E-state index contributed by atoms with van der Waals surface area (Å²) in [4.78, 5) is 2.46. The SMILES string of the molecule is CCN(CC)CCc1ccc(NCC(N)CC(C)C)cc1. The molecule has 1 aromatic carbocycles. The average molecular weight is 291 g/mol. The van der Waals surface area contributed by atoms with Crippen LogP contribution in [0.25, 0.3) is 0 Å². The van der Waals surface area contributed by atoms with Gasteiger partial charge in [0, 0.05) is 24.8 Å². The molecule has 0 spiro atoms. The zero-order valence-corrected chi connectivity index (χ0v) is 14.2. The molecule has 0 aliphatic heterocycles. The van der Waals surface area contributed by atoms with Gasteiger partial charge in [0.15, 0.2) is 0 Å². The molecule has 1 unspecified atom stereocenters. The molecular weight excluding hydrogens is 258 g/mol. The molecule has 0 fully saturated rings. The topological polar surface area (TPSA) is 41.3 Å². The molecule has 0 radical (unpaired) electrons. The first-order valence-electron chi connectivity index (χ1n) is 8.35. The lowest BCUT2D eigenvalue weighted by atomic mass is 10.0. The van der Waals surface area contributed by atoms with Gasteiger partial charge < -0.3 is 16.0 Å². The molecule has 3 heteroatoms. The third kappa shape index (κ3) is 7.49. The summed E-state index contributed by atoms with van der Waals surface area (Å²) in [5, 5.41) is 3.43. The van der Waals surface area contributed by atoms with E-state index in [0.717, 1.165) is 39.0 Å². The minimum Gasteiger partial charge on any atom is -0.383 e. The first-order chi connectivity index (χ1) is 10.0. The van der Waals surface area contributed by atoms with Crippen LogP contribution in [-0.4, -0.2) is 37.1 Å². The van der Waals surface area contributed by atoms with E-state index in [1.165, 1.54) is 11.3 Å². The van der Waals surface area contributed by atoms with E-state index in [-0.39, 0.29) is 6.04 Å². The van der Waals surface area contributed by atoms with Crippen molar-refractivity contribution < 1.29 is 0 Å². The van der Waals surface area contributed by atoms with Gasteiger partial charge in [-0.05, 0) is 49.5 Å². The molecule has 21 heavy (non-hydrogen) atoms. The maximum absolute atomic E-state index is 6.10. The summed E-state index contributed by atoms with van der Waals surface area (Å²) in [6.07, 6.45) is 2.18. The standard InChI is InChI=1S/C18H33N3/c1-5-21(6-2)12-11-16-7-9-18(10-8-16)20-14-17(19)13-15(3)4/h7-10,15,17,20H,5-6,11-14,19H2,1-4H3. The van der Waals surface area contributed by atoms with Crippen molar-refractivity contribution in [2.75, 3.05) is 31.5 Å². The highest BCUT2D eigenvalue weighted by atomic mass is 15.1. The molecule has 0 bridgehead atoms. The summed E-state index contributed by atoms with van der Waals surface area (Å²) in [6, 6.07) is 9.01. The van der Waals surface area contributed by atoms with Crippen LogP contribution in [0.5, 0.6) is 0 Å². The van der Waals surface area contributed by atoms with Crippen LogP contribution in [0.15, 0.2) is 24.3 Å². The van der Waals surface area contributed by atoms with Gasteiger partial charge in [-0.3, -0.25) is 0 Å². The number of likely N-dealkylation sites (N-methyl/N-ethyl adjacent to an activating group) is 1. The van der Waals surface area contributed by atoms with Gasteiger partial charge in [-0.2, -0.15) is 0 Å². The van der Waals surface area contributed by atoms with Gasteiger partial charge in [-0.25, -0.2) is 0 Å². The molecule has 0 heterocycles. The number of hydrogen-bond donors (Lipinski definition) is 2. The van der Waals surface area contributed by atoms with E-state index in [2.05, 4.69) is 62.2 Å². The van der Waals surface area contributed by atoms with Crippen molar-refractivity contribution in [1.82, 2.24) is 4.90 Å². The Balaban J connectivity index is 2.36. The summed E-state index contributed by atoms with van der Waals surface area (Å²) in [5.74, 6) is 0.657. The van der Waals surface area contributed by atoms with Gasteiger partial charge >= 0.3 is 0 Å². The third-order valence-electron chi connectivity index (χ3n) is 3.91. The lowest BCUT2D eigenvalue weighted by molar-refractivity contribution is 0.308. The second-order valence-corrected chi connectivity index (χ2v) is 6.24. The van der Waals surface area contributed by atoms with Crippen molar-refractivity contribution >= 4 is 5.69 Å². The van der Waals surface area contributed by atoms with Crippen molar-refractivity contribution in [3.05, 3.63) is 29.8 Å².